The zero-order chi connectivity index (χ0) is 15.5. The quantitative estimate of drug-likeness (QED) is 0.856. The molecule has 2 aromatic rings. The number of benzene rings is 1. The predicted molar refractivity (Wildman–Crippen MR) is 80.6 cm³/mol. The molecular weight excluding hydrogens is 290 g/mol. The van der Waals surface area contributed by atoms with Gasteiger partial charge in [0, 0.05) is 6.54 Å². The van der Waals surface area contributed by atoms with Crippen LogP contribution in [0.4, 0.5) is 5.69 Å². The highest BCUT2D eigenvalue weighted by Crippen LogP contribution is 2.25. The van der Waals surface area contributed by atoms with Crippen molar-refractivity contribution in [2.24, 2.45) is 0 Å². The number of nitrogens with one attached hydrogen (secondary N) is 2. The minimum Gasteiger partial charge on any atom is -0.444 e. The van der Waals surface area contributed by atoms with E-state index in [1.54, 1.807) is 37.4 Å². The number of nitrogens with zero attached hydrogens (tertiary/aromatic N) is 1. The van der Waals surface area contributed by atoms with Crippen molar-refractivity contribution in [1.29, 1.82) is 0 Å². The summed E-state index contributed by atoms with van der Waals surface area (Å²) in [7, 11) is -3.53. The first kappa shape index (κ1) is 15.5. The van der Waals surface area contributed by atoms with E-state index in [1.165, 1.54) is 0 Å². The lowest BCUT2D eigenvalue weighted by atomic mass is 10.2. The Bertz CT molecular complexity index is 710. The number of anilines is 1. The fraction of sp³-hybridized carbons (Fsp3) is 0.357. The maximum absolute atomic E-state index is 12.2. The van der Waals surface area contributed by atoms with Crippen LogP contribution in [-0.4, -0.2) is 19.9 Å². The number of aryl methyl sites for hydroxylation is 1. The Kier molecular flexibility index (Phi) is 4.64. The van der Waals surface area contributed by atoms with E-state index in [-0.39, 0.29) is 10.9 Å². The van der Waals surface area contributed by atoms with Gasteiger partial charge in [-0.25, -0.2) is 18.1 Å². The summed E-state index contributed by atoms with van der Waals surface area (Å²) in [6, 6.07) is 6.51. The van der Waals surface area contributed by atoms with E-state index in [2.05, 4.69) is 15.0 Å². The zero-order valence-corrected chi connectivity index (χ0v) is 13.1. The maximum Gasteiger partial charge on any atom is 0.242 e. The third kappa shape index (κ3) is 3.62. The van der Waals surface area contributed by atoms with Gasteiger partial charge in [-0.3, -0.25) is 0 Å². The first-order valence-electron chi connectivity index (χ1n) is 6.71. The van der Waals surface area contributed by atoms with Crippen LogP contribution in [0.2, 0.25) is 0 Å². The van der Waals surface area contributed by atoms with E-state index in [4.69, 9.17) is 4.42 Å². The van der Waals surface area contributed by atoms with Crippen LogP contribution in [0, 0.1) is 6.92 Å². The highest BCUT2D eigenvalue weighted by Gasteiger charge is 2.19. The number of aromatic nitrogens is 1. The minimum atomic E-state index is -3.53. The van der Waals surface area contributed by atoms with Crippen molar-refractivity contribution in [2.75, 3.05) is 11.9 Å². The van der Waals surface area contributed by atoms with Gasteiger partial charge in [-0.05, 0) is 26.0 Å². The fourth-order valence-corrected chi connectivity index (χ4v) is 3.17. The largest absolute Gasteiger partial charge is 0.444 e. The summed E-state index contributed by atoms with van der Waals surface area (Å²) in [6.07, 6.45) is 1.63. The second kappa shape index (κ2) is 6.28. The highest BCUT2D eigenvalue weighted by molar-refractivity contribution is 7.89. The van der Waals surface area contributed by atoms with Crippen LogP contribution >= 0.6 is 0 Å². The molecule has 0 saturated carbocycles. The average Bonchev–Trinajstić information content (AvgIpc) is 2.86. The molecule has 0 spiro atoms. The molecule has 0 saturated heterocycles. The third-order valence-electron chi connectivity index (χ3n) is 2.89. The van der Waals surface area contributed by atoms with Crippen molar-refractivity contribution >= 4 is 15.7 Å². The van der Waals surface area contributed by atoms with E-state index in [1.807, 2.05) is 13.8 Å². The summed E-state index contributed by atoms with van der Waals surface area (Å²) in [5, 5.41) is 3.13. The molecule has 6 nitrogen and oxygen atoms in total. The van der Waals surface area contributed by atoms with Gasteiger partial charge in [0.05, 0.1) is 11.9 Å². The molecule has 0 bridgehead atoms. The molecule has 7 heteroatoms. The fourth-order valence-electron chi connectivity index (χ4n) is 1.96. The Labute approximate surface area is 124 Å². The van der Waals surface area contributed by atoms with Gasteiger partial charge in [0.1, 0.15) is 16.7 Å². The van der Waals surface area contributed by atoms with Gasteiger partial charge in [0.15, 0.2) is 0 Å². The lowest BCUT2D eigenvalue weighted by molar-refractivity contribution is 0.453. The minimum absolute atomic E-state index is 0.210. The Morgan fingerprint density at radius 3 is 2.67 bits per heavy atom. The van der Waals surface area contributed by atoms with Gasteiger partial charge in [0.2, 0.25) is 15.9 Å². The molecule has 0 radical (unpaired) electrons. The third-order valence-corrected chi connectivity index (χ3v) is 4.50. The van der Waals surface area contributed by atoms with Crippen LogP contribution in [0.15, 0.2) is 39.8 Å². The van der Waals surface area contributed by atoms with Gasteiger partial charge >= 0.3 is 0 Å². The molecule has 0 amide bonds. The Balaban J connectivity index is 2.29. The van der Waals surface area contributed by atoms with Crippen molar-refractivity contribution < 1.29 is 12.8 Å². The number of para-hydroxylation sites is 1. The number of hydrogen-bond donors (Lipinski definition) is 2. The second-order valence-electron chi connectivity index (χ2n) is 4.67. The molecule has 1 heterocycles. The molecule has 0 aliphatic heterocycles. The molecule has 0 fully saturated rings. The summed E-state index contributed by atoms with van der Waals surface area (Å²) in [4.78, 5) is 4.36. The number of hydrogen-bond acceptors (Lipinski definition) is 5. The summed E-state index contributed by atoms with van der Waals surface area (Å²) < 4.78 is 32.3. The topological polar surface area (TPSA) is 84.2 Å². The Morgan fingerprint density at radius 2 is 2.05 bits per heavy atom. The van der Waals surface area contributed by atoms with E-state index in [0.29, 0.717) is 23.9 Å². The van der Waals surface area contributed by atoms with Gasteiger partial charge in [-0.15, -0.1) is 0 Å². The van der Waals surface area contributed by atoms with Crippen LogP contribution in [0.1, 0.15) is 31.5 Å². The van der Waals surface area contributed by atoms with Gasteiger partial charge < -0.3 is 9.73 Å². The van der Waals surface area contributed by atoms with Crippen molar-refractivity contribution in [3.05, 3.63) is 42.1 Å². The second-order valence-corrected chi connectivity index (χ2v) is 6.41. The van der Waals surface area contributed by atoms with Gasteiger partial charge in [-0.1, -0.05) is 19.1 Å². The number of sulfonamides is 1. The predicted octanol–water partition coefficient (Wildman–Crippen LogP) is 2.45. The SMILES string of the molecule is CCNS(=O)(=O)c1ccccc1NC(C)c1ncc(C)o1. The van der Waals surface area contributed by atoms with Gasteiger partial charge in [0.25, 0.3) is 0 Å². The summed E-state index contributed by atoms with van der Waals surface area (Å²) in [5.41, 5.74) is 0.516. The highest BCUT2D eigenvalue weighted by atomic mass is 32.2. The molecule has 21 heavy (non-hydrogen) atoms. The Morgan fingerprint density at radius 1 is 1.33 bits per heavy atom. The molecule has 1 aromatic carbocycles. The molecule has 1 unspecified atom stereocenters. The smallest absolute Gasteiger partial charge is 0.242 e. The molecule has 2 N–H and O–H groups in total. The van der Waals surface area contributed by atoms with Crippen molar-refractivity contribution in [3.63, 3.8) is 0 Å². The number of oxazole rings is 1. The molecule has 0 aliphatic carbocycles. The van der Waals surface area contributed by atoms with Crippen LogP contribution in [0.25, 0.3) is 0 Å². The average molecular weight is 309 g/mol. The van der Waals surface area contributed by atoms with Crippen molar-refractivity contribution in [3.8, 4) is 0 Å². The van der Waals surface area contributed by atoms with E-state index < -0.39 is 10.0 Å². The van der Waals surface area contributed by atoms with E-state index >= 15 is 0 Å². The summed E-state index contributed by atoms with van der Waals surface area (Å²) in [5.74, 6) is 1.23. The van der Waals surface area contributed by atoms with Crippen molar-refractivity contribution in [2.45, 2.75) is 31.7 Å². The zero-order valence-electron chi connectivity index (χ0n) is 12.3. The summed E-state index contributed by atoms with van der Waals surface area (Å²) >= 11 is 0. The van der Waals surface area contributed by atoms with Crippen LogP contribution < -0.4 is 10.0 Å². The van der Waals surface area contributed by atoms with Crippen LogP contribution in [-0.2, 0) is 10.0 Å². The standard InChI is InChI=1S/C14H19N3O3S/c1-4-16-21(18,19)13-8-6-5-7-12(13)17-11(3)14-15-9-10(2)20-14/h5-9,11,16-17H,4H2,1-3H3. The normalized spacial score (nSPS) is 13.1. The molecule has 114 valence electrons. The lowest BCUT2D eigenvalue weighted by Crippen LogP contribution is -2.24. The molecule has 1 aromatic heterocycles. The lowest BCUT2D eigenvalue weighted by Gasteiger charge is -2.16. The Hall–Kier alpha value is -1.86. The molecule has 1 atom stereocenters. The first-order chi connectivity index (χ1) is 9.94. The maximum atomic E-state index is 12.2. The van der Waals surface area contributed by atoms with E-state index in [9.17, 15) is 8.42 Å². The van der Waals surface area contributed by atoms with Crippen LogP contribution in [0.5, 0.6) is 0 Å². The number of rotatable bonds is 6. The molecule has 2 rings (SSSR count). The van der Waals surface area contributed by atoms with Crippen LogP contribution in [0.3, 0.4) is 0 Å². The van der Waals surface area contributed by atoms with E-state index in [0.717, 1.165) is 0 Å². The summed E-state index contributed by atoms with van der Waals surface area (Å²) in [6.45, 7) is 5.76. The molecular formula is C14H19N3O3S. The van der Waals surface area contributed by atoms with Gasteiger partial charge in [-0.2, -0.15) is 0 Å². The monoisotopic (exact) mass is 309 g/mol. The first-order valence-corrected chi connectivity index (χ1v) is 8.20. The van der Waals surface area contributed by atoms with Crippen molar-refractivity contribution in [1.82, 2.24) is 9.71 Å². The molecule has 0 aliphatic rings.